The standard InChI is InChI=1S/C9H19NO4/c1-3-12-5-6-13-7-8(10)9(11)14-4-2/h8H,3-7,10H2,1-2H3. The van der Waals surface area contributed by atoms with E-state index in [1.807, 2.05) is 6.92 Å². The molecule has 0 aromatic rings. The monoisotopic (exact) mass is 205 g/mol. The van der Waals surface area contributed by atoms with Gasteiger partial charge in [0.05, 0.1) is 26.4 Å². The first kappa shape index (κ1) is 13.4. The predicted molar refractivity (Wildman–Crippen MR) is 51.9 cm³/mol. The molecule has 0 rings (SSSR count). The minimum absolute atomic E-state index is 0.173. The van der Waals surface area contributed by atoms with E-state index in [0.717, 1.165) is 0 Å². The van der Waals surface area contributed by atoms with Crippen molar-refractivity contribution in [2.75, 3.05) is 33.0 Å². The molecule has 0 radical (unpaired) electrons. The molecular weight excluding hydrogens is 186 g/mol. The Morgan fingerprint density at radius 3 is 2.43 bits per heavy atom. The lowest BCUT2D eigenvalue weighted by Crippen LogP contribution is -2.37. The highest BCUT2D eigenvalue weighted by atomic mass is 16.5. The Labute approximate surface area is 84.5 Å². The molecule has 0 heterocycles. The molecule has 1 atom stereocenters. The lowest BCUT2D eigenvalue weighted by Gasteiger charge is -2.10. The maximum atomic E-state index is 11.0. The molecule has 84 valence electrons. The van der Waals surface area contributed by atoms with Gasteiger partial charge in [0.25, 0.3) is 0 Å². The first-order chi connectivity index (χ1) is 6.72. The molecule has 5 nitrogen and oxygen atoms in total. The number of hydrogen-bond acceptors (Lipinski definition) is 5. The number of carbonyl (C=O) groups excluding carboxylic acids is 1. The van der Waals surface area contributed by atoms with Crippen LogP contribution in [-0.4, -0.2) is 45.0 Å². The molecule has 0 aliphatic heterocycles. The van der Waals surface area contributed by atoms with Gasteiger partial charge in [-0.05, 0) is 13.8 Å². The largest absolute Gasteiger partial charge is 0.465 e. The maximum Gasteiger partial charge on any atom is 0.325 e. The third kappa shape index (κ3) is 6.82. The number of esters is 1. The fourth-order valence-corrected chi connectivity index (χ4v) is 0.790. The average Bonchev–Trinajstić information content (AvgIpc) is 2.17. The van der Waals surface area contributed by atoms with Gasteiger partial charge < -0.3 is 19.9 Å². The molecule has 0 aliphatic carbocycles. The molecule has 0 aromatic heterocycles. The Morgan fingerprint density at radius 1 is 1.21 bits per heavy atom. The molecular formula is C9H19NO4. The van der Waals surface area contributed by atoms with Crippen molar-refractivity contribution >= 4 is 5.97 Å². The number of nitrogens with two attached hydrogens (primary N) is 1. The molecule has 1 unspecified atom stereocenters. The van der Waals surface area contributed by atoms with Crippen LogP contribution >= 0.6 is 0 Å². The van der Waals surface area contributed by atoms with Gasteiger partial charge in [-0.3, -0.25) is 4.79 Å². The third-order valence-electron chi connectivity index (χ3n) is 1.46. The Balaban J connectivity index is 3.34. The van der Waals surface area contributed by atoms with Crippen molar-refractivity contribution in [3.05, 3.63) is 0 Å². The minimum Gasteiger partial charge on any atom is -0.465 e. The molecule has 0 saturated heterocycles. The summed E-state index contributed by atoms with van der Waals surface area (Å²) >= 11 is 0. The zero-order valence-corrected chi connectivity index (χ0v) is 8.82. The minimum atomic E-state index is -0.698. The van der Waals surface area contributed by atoms with Crippen molar-refractivity contribution < 1.29 is 19.0 Å². The highest BCUT2D eigenvalue weighted by Gasteiger charge is 2.13. The Kier molecular flexibility index (Phi) is 8.51. The van der Waals surface area contributed by atoms with Crippen molar-refractivity contribution in [2.45, 2.75) is 19.9 Å². The van der Waals surface area contributed by atoms with Crippen molar-refractivity contribution in [1.82, 2.24) is 0 Å². The van der Waals surface area contributed by atoms with Gasteiger partial charge in [0, 0.05) is 6.61 Å². The fraction of sp³-hybridized carbons (Fsp3) is 0.889. The van der Waals surface area contributed by atoms with E-state index in [-0.39, 0.29) is 6.61 Å². The molecule has 5 heteroatoms. The third-order valence-corrected chi connectivity index (χ3v) is 1.46. The average molecular weight is 205 g/mol. The maximum absolute atomic E-state index is 11.0. The van der Waals surface area contributed by atoms with E-state index in [0.29, 0.717) is 26.4 Å². The zero-order valence-electron chi connectivity index (χ0n) is 8.82. The summed E-state index contributed by atoms with van der Waals surface area (Å²) in [4.78, 5) is 11.0. The molecule has 0 amide bonds. The van der Waals surface area contributed by atoms with Gasteiger partial charge in [0.1, 0.15) is 6.04 Å². The van der Waals surface area contributed by atoms with Crippen molar-refractivity contribution in [3.63, 3.8) is 0 Å². The first-order valence-corrected chi connectivity index (χ1v) is 4.80. The summed E-state index contributed by atoms with van der Waals surface area (Å²) in [5, 5.41) is 0. The van der Waals surface area contributed by atoms with Crippen LogP contribution in [0.25, 0.3) is 0 Å². The molecule has 0 saturated carbocycles. The van der Waals surface area contributed by atoms with Crippen LogP contribution in [0.1, 0.15) is 13.8 Å². The second kappa shape index (κ2) is 8.93. The van der Waals surface area contributed by atoms with Crippen LogP contribution in [0.3, 0.4) is 0 Å². The van der Waals surface area contributed by atoms with E-state index in [4.69, 9.17) is 19.9 Å². The van der Waals surface area contributed by atoms with E-state index in [1.54, 1.807) is 6.92 Å². The van der Waals surface area contributed by atoms with Gasteiger partial charge in [0.2, 0.25) is 0 Å². The van der Waals surface area contributed by atoms with E-state index in [1.165, 1.54) is 0 Å². The summed E-state index contributed by atoms with van der Waals surface area (Å²) < 4.78 is 14.9. The molecule has 0 aliphatic rings. The second-order valence-corrected chi connectivity index (χ2v) is 2.63. The molecule has 0 bridgehead atoms. The van der Waals surface area contributed by atoms with Crippen molar-refractivity contribution in [2.24, 2.45) is 5.73 Å². The predicted octanol–water partition coefficient (Wildman–Crippen LogP) is -0.0701. The summed E-state index contributed by atoms with van der Waals surface area (Å²) in [7, 11) is 0. The second-order valence-electron chi connectivity index (χ2n) is 2.63. The van der Waals surface area contributed by atoms with E-state index < -0.39 is 12.0 Å². The van der Waals surface area contributed by atoms with Crippen LogP contribution < -0.4 is 5.73 Å². The Morgan fingerprint density at radius 2 is 1.86 bits per heavy atom. The van der Waals surface area contributed by atoms with Gasteiger partial charge in [-0.25, -0.2) is 0 Å². The summed E-state index contributed by atoms with van der Waals surface area (Å²) in [6.45, 7) is 5.78. The van der Waals surface area contributed by atoms with E-state index in [9.17, 15) is 4.79 Å². The first-order valence-electron chi connectivity index (χ1n) is 4.80. The van der Waals surface area contributed by atoms with Gasteiger partial charge in [0.15, 0.2) is 0 Å². The SMILES string of the molecule is CCOCCOCC(N)C(=O)OCC. The molecule has 0 aromatic carbocycles. The lowest BCUT2D eigenvalue weighted by molar-refractivity contribution is -0.146. The number of rotatable bonds is 8. The van der Waals surface area contributed by atoms with Gasteiger partial charge >= 0.3 is 5.97 Å². The van der Waals surface area contributed by atoms with Crippen LogP contribution in [0.2, 0.25) is 0 Å². The Hall–Kier alpha value is -0.650. The van der Waals surface area contributed by atoms with Gasteiger partial charge in [-0.1, -0.05) is 0 Å². The number of carbonyl (C=O) groups is 1. The highest BCUT2D eigenvalue weighted by Crippen LogP contribution is 1.88. The topological polar surface area (TPSA) is 70.8 Å². The summed E-state index contributed by atoms with van der Waals surface area (Å²) in [6, 6.07) is -0.698. The van der Waals surface area contributed by atoms with Crippen molar-refractivity contribution in [1.29, 1.82) is 0 Å². The summed E-state index contributed by atoms with van der Waals surface area (Å²) in [5.41, 5.74) is 5.48. The molecule has 2 N–H and O–H groups in total. The highest BCUT2D eigenvalue weighted by molar-refractivity contribution is 5.75. The van der Waals surface area contributed by atoms with Crippen LogP contribution in [0, 0.1) is 0 Å². The summed E-state index contributed by atoms with van der Waals surface area (Å²) in [6.07, 6.45) is 0. The zero-order chi connectivity index (χ0) is 10.8. The fourth-order valence-electron chi connectivity index (χ4n) is 0.790. The van der Waals surface area contributed by atoms with Crippen LogP contribution in [0.15, 0.2) is 0 Å². The number of hydrogen-bond donors (Lipinski definition) is 1. The van der Waals surface area contributed by atoms with E-state index >= 15 is 0 Å². The van der Waals surface area contributed by atoms with Gasteiger partial charge in [-0.15, -0.1) is 0 Å². The number of ether oxygens (including phenoxy) is 3. The molecule has 14 heavy (non-hydrogen) atoms. The normalized spacial score (nSPS) is 12.5. The molecule has 0 fully saturated rings. The van der Waals surface area contributed by atoms with E-state index in [2.05, 4.69) is 0 Å². The van der Waals surface area contributed by atoms with Crippen LogP contribution in [-0.2, 0) is 19.0 Å². The lowest BCUT2D eigenvalue weighted by atomic mass is 10.3. The van der Waals surface area contributed by atoms with Gasteiger partial charge in [-0.2, -0.15) is 0 Å². The molecule has 0 spiro atoms. The smallest absolute Gasteiger partial charge is 0.325 e. The van der Waals surface area contributed by atoms with Crippen LogP contribution in [0.4, 0.5) is 0 Å². The Bertz CT molecular complexity index is 152. The quantitative estimate of drug-likeness (QED) is 0.443. The summed E-state index contributed by atoms with van der Waals surface area (Å²) in [5.74, 6) is -0.427. The van der Waals surface area contributed by atoms with Crippen molar-refractivity contribution in [3.8, 4) is 0 Å². The van der Waals surface area contributed by atoms with Crippen LogP contribution in [0.5, 0.6) is 0 Å².